The second-order valence-electron chi connectivity index (χ2n) is 6.09. The van der Waals surface area contributed by atoms with Gasteiger partial charge in [-0.3, -0.25) is 19.7 Å². The van der Waals surface area contributed by atoms with Gasteiger partial charge in [-0.25, -0.2) is 0 Å². The maximum absolute atomic E-state index is 12.1. The number of rotatable bonds is 9. The molecule has 0 unspecified atom stereocenters. The molecule has 2 aromatic carbocycles. The lowest BCUT2D eigenvalue weighted by Crippen LogP contribution is -2.35. The predicted octanol–water partition coefficient (Wildman–Crippen LogP) is 3.24. The van der Waals surface area contributed by atoms with Gasteiger partial charge in [-0.1, -0.05) is 41.9 Å². The first kappa shape index (κ1) is 22.2. The van der Waals surface area contributed by atoms with Crippen molar-refractivity contribution >= 4 is 23.5 Å². The molecule has 0 fully saturated rings. The van der Waals surface area contributed by atoms with Crippen molar-refractivity contribution in [2.24, 2.45) is 5.92 Å². The van der Waals surface area contributed by atoms with E-state index >= 15 is 0 Å². The lowest BCUT2D eigenvalue weighted by molar-refractivity contribution is -0.484. The van der Waals surface area contributed by atoms with Gasteiger partial charge >= 0.3 is 11.9 Å². The van der Waals surface area contributed by atoms with Crippen LogP contribution in [0.5, 0.6) is 5.75 Å². The molecular formula is C20H20ClNO7. The molecule has 2 rings (SSSR count). The molecule has 0 saturated heterocycles. The maximum atomic E-state index is 12.1. The zero-order chi connectivity index (χ0) is 21.4. The summed E-state index contributed by atoms with van der Waals surface area (Å²) in [7, 11) is 2.21. The third kappa shape index (κ3) is 5.92. The Hall–Kier alpha value is -3.13. The molecule has 0 aliphatic carbocycles. The minimum atomic E-state index is -1.45. The minimum Gasteiger partial charge on any atom is -0.489 e. The Labute approximate surface area is 172 Å². The van der Waals surface area contributed by atoms with Crippen LogP contribution in [0.15, 0.2) is 48.5 Å². The van der Waals surface area contributed by atoms with Crippen molar-refractivity contribution in [3.05, 3.63) is 74.8 Å². The third-order valence-electron chi connectivity index (χ3n) is 4.32. The van der Waals surface area contributed by atoms with Crippen molar-refractivity contribution in [3.63, 3.8) is 0 Å². The van der Waals surface area contributed by atoms with Gasteiger partial charge in [-0.15, -0.1) is 0 Å². The number of benzene rings is 2. The molecule has 0 aliphatic heterocycles. The van der Waals surface area contributed by atoms with Crippen LogP contribution >= 0.6 is 11.6 Å². The van der Waals surface area contributed by atoms with Crippen LogP contribution in [0.25, 0.3) is 0 Å². The molecule has 0 aliphatic rings. The van der Waals surface area contributed by atoms with E-state index in [9.17, 15) is 19.7 Å². The molecular weight excluding hydrogens is 402 g/mol. The number of methoxy groups -OCH3 is 2. The first-order chi connectivity index (χ1) is 13.9. The van der Waals surface area contributed by atoms with E-state index in [1.165, 1.54) is 0 Å². The summed E-state index contributed by atoms with van der Waals surface area (Å²) in [6.07, 6.45) is 0. The standard InChI is InChI=1S/C20H20ClNO7/c1-27-19(23)18(20(24)28-2)16(11-22(25)26)13-7-9-15(10-8-13)29-12-14-5-3-4-6-17(14)21/h3-10,16,18H,11-12H2,1-2H3/t16-/m1/s1. The lowest BCUT2D eigenvalue weighted by Gasteiger charge is -2.21. The summed E-state index contributed by atoms with van der Waals surface area (Å²) in [6, 6.07) is 13.6. The van der Waals surface area contributed by atoms with Gasteiger partial charge in [0, 0.05) is 15.5 Å². The molecule has 0 bridgehead atoms. The van der Waals surface area contributed by atoms with E-state index in [4.69, 9.17) is 16.3 Å². The highest BCUT2D eigenvalue weighted by atomic mass is 35.5. The minimum absolute atomic E-state index is 0.240. The predicted molar refractivity (Wildman–Crippen MR) is 104 cm³/mol. The fourth-order valence-corrected chi connectivity index (χ4v) is 3.02. The van der Waals surface area contributed by atoms with E-state index in [0.29, 0.717) is 16.3 Å². The Bertz CT molecular complexity index is 853. The van der Waals surface area contributed by atoms with Crippen molar-refractivity contribution in [1.29, 1.82) is 0 Å². The normalized spacial score (nSPS) is 11.6. The van der Waals surface area contributed by atoms with Crippen molar-refractivity contribution in [3.8, 4) is 5.75 Å². The number of esters is 2. The SMILES string of the molecule is COC(=O)C(C(=O)OC)[C@H](C[N+](=O)[O-])c1ccc(OCc2ccccc2Cl)cc1. The fourth-order valence-electron chi connectivity index (χ4n) is 2.83. The first-order valence-corrected chi connectivity index (χ1v) is 8.98. The van der Waals surface area contributed by atoms with Crippen molar-refractivity contribution in [2.75, 3.05) is 20.8 Å². The number of nitrogens with zero attached hydrogens (tertiary/aromatic N) is 1. The molecule has 0 N–H and O–H groups in total. The second-order valence-corrected chi connectivity index (χ2v) is 6.50. The van der Waals surface area contributed by atoms with E-state index in [1.54, 1.807) is 30.3 Å². The average Bonchev–Trinajstić information content (AvgIpc) is 2.72. The zero-order valence-corrected chi connectivity index (χ0v) is 16.6. The van der Waals surface area contributed by atoms with Crippen molar-refractivity contribution < 1.29 is 28.7 Å². The van der Waals surface area contributed by atoms with Crippen molar-refractivity contribution in [2.45, 2.75) is 12.5 Å². The average molecular weight is 422 g/mol. The summed E-state index contributed by atoms with van der Waals surface area (Å²) >= 11 is 6.10. The summed E-state index contributed by atoms with van der Waals surface area (Å²) < 4.78 is 15.0. The molecule has 0 heterocycles. The van der Waals surface area contributed by atoms with Crippen LogP contribution < -0.4 is 4.74 Å². The van der Waals surface area contributed by atoms with Crippen LogP contribution in [-0.4, -0.2) is 37.6 Å². The number of carbonyl (C=O) groups is 2. The van der Waals surface area contributed by atoms with Gasteiger partial charge in [0.05, 0.1) is 20.1 Å². The number of hydrogen-bond acceptors (Lipinski definition) is 7. The van der Waals surface area contributed by atoms with Crippen LogP contribution in [0.1, 0.15) is 17.0 Å². The Morgan fingerprint density at radius 1 is 1.03 bits per heavy atom. The van der Waals surface area contributed by atoms with E-state index in [0.717, 1.165) is 19.8 Å². The molecule has 0 radical (unpaired) electrons. The second kappa shape index (κ2) is 10.4. The van der Waals surface area contributed by atoms with Crippen LogP contribution in [0, 0.1) is 16.0 Å². The molecule has 8 nitrogen and oxygen atoms in total. The maximum Gasteiger partial charge on any atom is 0.320 e. The van der Waals surface area contributed by atoms with Gasteiger partial charge < -0.3 is 14.2 Å². The number of halogens is 1. The van der Waals surface area contributed by atoms with Gasteiger partial charge in [-0.2, -0.15) is 0 Å². The highest BCUT2D eigenvalue weighted by molar-refractivity contribution is 6.31. The van der Waals surface area contributed by atoms with Gasteiger partial charge in [0.1, 0.15) is 12.4 Å². The summed E-state index contributed by atoms with van der Waals surface area (Å²) in [5.41, 5.74) is 1.22. The number of ether oxygens (including phenoxy) is 3. The summed E-state index contributed by atoms with van der Waals surface area (Å²) in [5, 5.41) is 11.7. The molecule has 1 atom stereocenters. The summed E-state index contributed by atoms with van der Waals surface area (Å²) in [6.45, 7) is -0.404. The van der Waals surface area contributed by atoms with E-state index in [1.807, 2.05) is 18.2 Å². The first-order valence-electron chi connectivity index (χ1n) is 8.61. The molecule has 0 saturated carbocycles. The van der Waals surface area contributed by atoms with Gasteiger partial charge in [0.25, 0.3) is 0 Å². The Morgan fingerprint density at radius 2 is 1.62 bits per heavy atom. The molecule has 0 spiro atoms. The smallest absolute Gasteiger partial charge is 0.320 e. The molecule has 9 heteroatoms. The van der Waals surface area contributed by atoms with Crippen molar-refractivity contribution in [1.82, 2.24) is 0 Å². The van der Waals surface area contributed by atoms with E-state index < -0.39 is 35.2 Å². The lowest BCUT2D eigenvalue weighted by atomic mass is 9.85. The monoisotopic (exact) mass is 421 g/mol. The van der Waals surface area contributed by atoms with Gasteiger partial charge in [-0.05, 0) is 23.8 Å². The van der Waals surface area contributed by atoms with Crippen LogP contribution in [-0.2, 0) is 25.7 Å². The van der Waals surface area contributed by atoms with E-state index in [-0.39, 0.29) is 6.61 Å². The Morgan fingerprint density at radius 3 is 2.14 bits per heavy atom. The number of nitro groups is 1. The molecule has 29 heavy (non-hydrogen) atoms. The Kier molecular flexibility index (Phi) is 7.97. The van der Waals surface area contributed by atoms with Crippen LogP contribution in [0.4, 0.5) is 0 Å². The van der Waals surface area contributed by atoms with Gasteiger partial charge in [0.15, 0.2) is 5.92 Å². The van der Waals surface area contributed by atoms with Crippen LogP contribution in [0.2, 0.25) is 5.02 Å². The van der Waals surface area contributed by atoms with Gasteiger partial charge in [0.2, 0.25) is 6.54 Å². The number of carbonyl (C=O) groups excluding carboxylic acids is 2. The topological polar surface area (TPSA) is 105 Å². The summed E-state index contributed by atoms with van der Waals surface area (Å²) in [4.78, 5) is 34.7. The van der Waals surface area contributed by atoms with Crippen LogP contribution in [0.3, 0.4) is 0 Å². The molecule has 0 amide bonds. The summed E-state index contributed by atoms with van der Waals surface area (Å²) in [5.74, 6) is -3.81. The van der Waals surface area contributed by atoms with E-state index in [2.05, 4.69) is 9.47 Å². The molecule has 0 aromatic heterocycles. The molecule has 154 valence electrons. The fraction of sp³-hybridized carbons (Fsp3) is 0.300. The molecule has 2 aromatic rings. The highest BCUT2D eigenvalue weighted by Crippen LogP contribution is 2.29. The third-order valence-corrected chi connectivity index (χ3v) is 4.69. The Balaban J connectivity index is 2.23. The zero-order valence-electron chi connectivity index (χ0n) is 15.9. The highest BCUT2D eigenvalue weighted by Gasteiger charge is 2.40. The quantitative estimate of drug-likeness (QED) is 0.265. The number of hydrogen-bond donors (Lipinski definition) is 0. The largest absolute Gasteiger partial charge is 0.489 e.